The Morgan fingerprint density at radius 1 is 0.700 bits per heavy atom. The Labute approximate surface area is 178 Å². The zero-order chi connectivity index (χ0) is 20.6. The first kappa shape index (κ1) is 19.0. The smallest absolute Gasteiger partial charge is 0.130 e. The average molecular weight is 394 g/mol. The van der Waals surface area contributed by atoms with Gasteiger partial charge in [0.25, 0.3) is 0 Å². The summed E-state index contributed by atoms with van der Waals surface area (Å²) in [6, 6.07) is 35.8. The van der Waals surface area contributed by atoms with Crippen molar-refractivity contribution in [3.8, 4) is 0 Å². The van der Waals surface area contributed by atoms with Crippen molar-refractivity contribution in [2.24, 2.45) is 0 Å². The lowest BCUT2D eigenvalue weighted by molar-refractivity contribution is -0.00403. The number of likely N-dealkylation sites (tertiary alicyclic amines) is 1. The van der Waals surface area contributed by atoms with Gasteiger partial charge in [0.15, 0.2) is 0 Å². The molecular formula is C28H27NO. The van der Waals surface area contributed by atoms with E-state index in [-0.39, 0.29) is 6.04 Å². The minimum Gasteiger partial charge on any atom is -0.379 e. The van der Waals surface area contributed by atoms with Gasteiger partial charge in [0, 0.05) is 12.1 Å². The Morgan fingerprint density at radius 2 is 1.27 bits per heavy atom. The zero-order valence-electron chi connectivity index (χ0n) is 17.3. The molecule has 1 heterocycles. The molecule has 0 spiro atoms. The Kier molecular flexibility index (Phi) is 4.90. The third-order valence-corrected chi connectivity index (χ3v) is 6.77. The third-order valence-electron chi connectivity index (χ3n) is 6.77. The van der Waals surface area contributed by atoms with Crippen LogP contribution in [0.4, 0.5) is 0 Å². The number of fused-ring (bicyclic) bond motifs is 1. The summed E-state index contributed by atoms with van der Waals surface area (Å²) in [5.74, 6) is 0. The van der Waals surface area contributed by atoms with Gasteiger partial charge in [-0.3, -0.25) is 4.90 Å². The van der Waals surface area contributed by atoms with Gasteiger partial charge in [-0.25, -0.2) is 0 Å². The second-order valence-corrected chi connectivity index (χ2v) is 8.38. The molecule has 2 atom stereocenters. The zero-order valence-corrected chi connectivity index (χ0v) is 17.3. The van der Waals surface area contributed by atoms with Gasteiger partial charge in [-0.05, 0) is 53.4 Å². The molecule has 0 aromatic heterocycles. The van der Waals surface area contributed by atoms with Gasteiger partial charge in [-0.1, -0.05) is 97.1 Å². The van der Waals surface area contributed by atoms with E-state index in [0.717, 1.165) is 24.0 Å². The standard InChI is InChI=1S/C28H27NO/c1-29-26(23-17-16-21-10-8-9-11-22(21)20-23)18-19-27(29)28(30,24-12-4-2-5-13-24)25-14-6-3-7-15-25/h2-17,20,26-27,30H,18-19H2,1H3/t26-,27-/m0/s1. The highest BCUT2D eigenvalue weighted by atomic mass is 16.3. The van der Waals surface area contributed by atoms with Crippen LogP contribution in [-0.2, 0) is 5.60 Å². The Morgan fingerprint density at radius 3 is 1.90 bits per heavy atom. The summed E-state index contributed by atoms with van der Waals surface area (Å²) in [4.78, 5) is 2.38. The fourth-order valence-corrected chi connectivity index (χ4v) is 5.20. The molecule has 4 aromatic rings. The first-order chi connectivity index (χ1) is 14.7. The van der Waals surface area contributed by atoms with Crippen molar-refractivity contribution in [1.82, 2.24) is 4.90 Å². The molecule has 1 saturated heterocycles. The molecule has 2 heteroatoms. The summed E-state index contributed by atoms with van der Waals surface area (Å²) in [5.41, 5.74) is 2.17. The van der Waals surface area contributed by atoms with E-state index < -0.39 is 5.60 Å². The molecule has 5 rings (SSSR count). The van der Waals surface area contributed by atoms with Crippen molar-refractivity contribution < 1.29 is 5.11 Å². The highest BCUT2D eigenvalue weighted by Crippen LogP contribution is 2.45. The van der Waals surface area contributed by atoms with Gasteiger partial charge in [0.2, 0.25) is 0 Å². The van der Waals surface area contributed by atoms with Gasteiger partial charge < -0.3 is 5.11 Å². The van der Waals surface area contributed by atoms with Crippen molar-refractivity contribution in [2.45, 2.75) is 30.5 Å². The molecule has 30 heavy (non-hydrogen) atoms. The number of rotatable bonds is 4. The lowest BCUT2D eigenvalue weighted by Crippen LogP contribution is -2.47. The molecule has 0 saturated carbocycles. The molecule has 0 bridgehead atoms. The van der Waals surface area contributed by atoms with Crippen molar-refractivity contribution in [1.29, 1.82) is 0 Å². The quantitative estimate of drug-likeness (QED) is 0.466. The van der Waals surface area contributed by atoms with Crippen LogP contribution in [0, 0.1) is 0 Å². The topological polar surface area (TPSA) is 23.5 Å². The number of aliphatic hydroxyl groups is 1. The summed E-state index contributed by atoms with van der Waals surface area (Å²) in [6.45, 7) is 0. The lowest BCUT2D eigenvalue weighted by atomic mass is 9.79. The summed E-state index contributed by atoms with van der Waals surface area (Å²) < 4.78 is 0. The molecule has 0 unspecified atom stereocenters. The van der Waals surface area contributed by atoms with Crippen LogP contribution in [0.15, 0.2) is 103 Å². The molecule has 1 N–H and O–H groups in total. The van der Waals surface area contributed by atoms with Crippen molar-refractivity contribution in [3.05, 3.63) is 120 Å². The Balaban J connectivity index is 1.55. The van der Waals surface area contributed by atoms with Gasteiger partial charge in [0.05, 0.1) is 0 Å². The average Bonchev–Trinajstić information content (AvgIpc) is 3.21. The van der Waals surface area contributed by atoms with E-state index in [1.165, 1.54) is 16.3 Å². The molecule has 0 radical (unpaired) electrons. The highest BCUT2D eigenvalue weighted by Gasteiger charge is 2.47. The second-order valence-electron chi connectivity index (χ2n) is 8.38. The summed E-state index contributed by atoms with van der Waals surface area (Å²) in [6.07, 6.45) is 1.97. The van der Waals surface area contributed by atoms with Crippen LogP contribution in [0.1, 0.15) is 35.6 Å². The maximum atomic E-state index is 12.2. The SMILES string of the molecule is CN1[C@H](C(O)(c2ccccc2)c2ccccc2)CC[C@H]1c1ccc2ccccc2c1. The third kappa shape index (κ3) is 3.13. The first-order valence-corrected chi connectivity index (χ1v) is 10.7. The normalized spacial score (nSPS) is 19.9. The van der Waals surface area contributed by atoms with Gasteiger partial charge >= 0.3 is 0 Å². The van der Waals surface area contributed by atoms with Crippen molar-refractivity contribution >= 4 is 10.8 Å². The van der Waals surface area contributed by atoms with Gasteiger partial charge in [-0.2, -0.15) is 0 Å². The fourth-order valence-electron chi connectivity index (χ4n) is 5.20. The minimum absolute atomic E-state index is 0.00114. The molecular weight excluding hydrogens is 366 g/mol. The fraction of sp³-hybridized carbons (Fsp3) is 0.214. The largest absolute Gasteiger partial charge is 0.379 e. The number of hydrogen-bond donors (Lipinski definition) is 1. The van der Waals surface area contributed by atoms with E-state index in [1.54, 1.807) is 0 Å². The van der Waals surface area contributed by atoms with E-state index in [0.29, 0.717) is 6.04 Å². The van der Waals surface area contributed by atoms with Gasteiger partial charge in [-0.15, -0.1) is 0 Å². The molecule has 4 aromatic carbocycles. The lowest BCUT2D eigenvalue weighted by Gasteiger charge is -2.40. The minimum atomic E-state index is -1.05. The van der Waals surface area contributed by atoms with Crippen LogP contribution < -0.4 is 0 Å². The van der Waals surface area contributed by atoms with E-state index in [1.807, 2.05) is 60.7 Å². The summed E-state index contributed by atoms with van der Waals surface area (Å²) in [5, 5.41) is 14.8. The Bertz CT molecular complexity index is 1100. The van der Waals surface area contributed by atoms with Crippen LogP contribution in [0.2, 0.25) is 0 Å². The van der Waals surface area contributed by atoms with Crippen molar-refractivity contribution in [3.63, 3.8) is 0 Å². The first-order valence-electron chi connectivity index (χ1n) is 10.7. The number of hydrogen-bond acceptors (Lipinski definition) is 2. The van der Waals surface area contributed by atoms with Gasteiger partial charge in [0.1, 0.15) is 5.60 Å². The number of likely N-dealkylation sites (N-methyl/N-ethyl adjacent to an activating group) is 1. The molecule has 1 aliphatic heterocycles. The highest BCUT2D eigenvalue weighted by molar-refractivity contribution is 5.83. The van der Waals surface area contributed by atoms with E-state index >= 15 is 0 Å². The molecule has 2 nitrogen and oxygen atoms in total. The number of nitrogens with zero attached hydrogens (tertiary/aromatic N) is 1. The molecule has 1 aliphatic rings. The summed E-state index contributed by atoms with van der Waals surface area (Å²) in [7, 11) is 2.16. The predicted octanol–water partition coefficient (Wildman–Crippen LogP) is 5.91. The van der Waals surface area contributed by atoms with Crippen LogP contribution in [0.5, 0.6) is 0 Å². The van der Waals surface area contributed by atoms with Crippen molar-refractivity contribution in [2.75, 3.05) is 7.05 Å². The monoisotopic (exact) mass is 393 g/mol. The molecule has 0 amide bonds. The van der Waals surface area contributed by atoms with E-state index in [2.05, 4.69) is 54.4 Å². The van der Waals surface area contributed by atoms with Crippen LogP contribution in [-0.4, -0.2) is 23.1 Å². The Hall–Kier alpha value is -2.94. The van der Waals surface area contributed by atoms with Crippen LogP contribution in [0.3, 0.4) is 0 Å². The molecule has 150 valence electrons. The van der Waals surface area contributed by atoms with E-state index in [4.69, 9.17) is 0 Å². The summed E-state index contributed by atoms with van der Waals surface area (Å²) >= 11 is 0. The van der Waals surface area contributed by atoms with Crippen LogP contribution >= 0.6 is 0 Å². The number of benzene rings is 4. The van der Waals surface area contributed by atoms with E-state index in [9.17, 15) is 5.11 Å². The maximum absolute atomic E-state index is 12.2. The molecule has 0 aliphatic carbocycles. The predicted molar refractivity (Wildman–Crippen MR) is 123 cm³/mol. The maximum Gasteiger partial charge on any atom is 0.130 e. The molecule has 1 fully saturated rings. The second kappa shape index (κ2) is 7.71. The van der Waals surface area contributed by atoms with Crippen LogP contribution in [0.25, 0.3) is 10.8 Å².